The van der Waals surface area contributed by atoms with E-state index in [0.717, 1.165) is 28.9 Å². The highest BCUT2D eigenvalue weighted by molar-refractivity contribution is 5.67. The van der Waals surface area contributed by atoms with Crippen molar-refractivity contribution in [3.05, 3.63) is 17.3 Å². The summed E-state index contributed by atoms with van der Waals surface area (Å²) in [5, 5.41) is 11.4. The molecule has 80 valence electrons. The number of nitrogens with two attached hydrogens (primary N) is 1. The van der Waals surface area contributed by atoms with E-state index < -0.39 is 0 Å². The Hall–Kier alpha value is -1.78. The van der Waals surface area contributed by atoms with Gasteiger partial charge in [0.15, 0.2) is 0 Å². The van der Waals surface area contributed by atoms with Crippen molar-refractivity contribution in [2.75, 3.05) is 5.73 Å². The maximum absolute atomic E-state index is 5.77. The third kappa shape index (κ3) is 1.49. The molecule has 5 nitrogen and oxygen atoms in total. The number of aryl methyl sites for hydroxylation is 2. The van der Waals surface area contributed by atoms with Crippen LogP contribution in [0, 0.1) is 6.92 Å². The van der Waals surface area contributed by atoms with Gasteiger partial charge in [-0.05, 0) is 18.9 Å². The molecule has 0 radical (unpaired) electrons. The van der Waals surface area contributed by atoms with Gasteiger partial charge in [-0.25, -0.2) is 0 Å². The second kappa shape index (κ2) is 3.42. The second-order valence-corrected chi connectivity index (χ2v) is 3.65. The first-order valence-electron chi connectivity index (χ1n) is 4.96. The zero-order valence-corrected chi connectivity index (χ0v) is 9.20. The summed E-state index contributed by atoms with van der Waals surface area (Å²) in [6, 6.07) is 0. The van der Waals surface area contributed by atoms with Crippen LogP contribution in [-0.2, 0) is 13.5 Å². The van der Waals surface area contributed by atoms with Crippen LogP contribution >= 0.6 is 0 Å². The predicted octanol–water partition coefficient (Wildman–Crippen LogP) is 1.26. The highest BCUT2D eigenvalue weighted by Crippen LogP contribution is 2.26. The lowest BCUT2D eigenvalue weighted by atomic mass is 10.1. The van der Waals surface area contributed by atoms with Gasteiger partial charge in [-0.3, -0.25) is 9.78 Å². The summed E-state index contributed by atoms with van der Waals surface area (Å²) in [5.74, 6) is 0.567. The van der Waals surface area contributed by atoms with Gasteiger partial charge in [0.1, 0.15) is 11.5 Å². The van der Waals surface area contributed by atoms with E-state index in [1.54, 1.807) is 4.68 Å². The Kier molecular flexibility index (Phi) is 2.22. The third-order valence-electron chi connectivity index (χ3n) is 2.50. The molecule has 0 fully saturated rings. The SMILES string of the molecule is CCc1c(N)n[nH]c1-c1nn(C)cc1C. The summed E-state index contributed by atoms with van der Waals surface area (Å²) >= 11 is 0. The standard InChI is InChI=1S/C10H15N5/c1-4-7-9(12-13-10(7)11)8-6(2)5-15(3)14-8/h5H,4H2,1-3H3,(H3,11,12,13). The van der Waals surface area contributed by atoms with Crippen molar-refractivity contribution in [3.8, 4) is 11.4 Å². The van der Waals surface area contributed by atoms with Gasteiger partial charge in [-0.2, -0.15) is 10.2 Å². The van der Waals surface area contributed by atoms with Crippen LogP contribution in [0.15, 0.2) is 6.20 Å². The highest BCUT2D eigenvalue weighted by Gasteiger charge is 2.15. The van der Waals surface area contributed by atoms with Crippen molar-refractivity contribution in [2.45, 2.75) is 20.3 Å². The van der Waals surface area contributed by atoms with Crippen molar-refractivity contribution >= 4 is 5.82 Å². The molecule has 0 spiro atoms. The highest BCUT2D eigenvalue weighted by atomic mass is 15.3. The number of nitrogens with one attached hydrogen (secondary N) is 1. The number of rotatable bonds is 2. The molecule has 5 heteroatoms. The molecule has 0 aliphatic carbocycles. The minimum absolute atomic E-state index is 0.567. The fourth-order valence-electron chi connectivity index (χ4n) is 1.79. The molecule has 0 saturated carbocycles. The first-order valence-corrected chi connectivity index (χ1v) is 4.96. The second-order valence-electron chi connectivity index (χ2n) is 3.65. The number of anilines is 1. The average Bonchev–Trinajstić information content (AvgIpc) is 2.69. The molecule has 0 bridgehead atoms. The topological polar surface area (TPSA) is 72.5 Å². The summed E-state index contributed by atoms with van der Waals surface area (Å²) in [5.41, 5.74) is 9.80. The van der Waals surface area contributed by atoms with Crippen LogP contribution in [-0.4, -0.2) is 20.0 Å². The summed E-state index contributed by atoms with van der Waals surface area (Å²) in [6.07, 6.45) is 2.83. The summed E-state index contributed by atoms with van der Waals surface area (Å²) in [7, 11) is 1.90. The van der Waals surface area contributed by atoms with E-state index in [2.05, 4.69) is 22.2 Å². The lowest BCUT2D eigenvalue weighted by Gasteiger charge is -1.98. The van der Waals surface area contributed by atoms with E-state index >= 15 is 0 Å². The van der Waals surface area contributed by atoms with E-state index in [9.17, 15) is 0 Å². The Morgan fingerprint density at radius 2 is 2.27 bits per heavy atom. The quantitative estimate of drug-likeness (QED) is 0.775. The lowest BCUT2D eigenvalue weighted by Crippen LogP contribution is -1.93. The molecule has 0 saturated heterocycles. The van der Waals surface area contributed by atoms with Crippen LogP contribution in [0.5, 0.6) is 0 Å². The number of hydrogen-bond acceptors (Lipinski definition) is 3. The maximum atomic E-state index is 5.77. The van der Waals surface area contributed by atoms with Crippen LogP contribution in [0.1, 0.15) is 18.1 Å². The lowest BCUT2D eigenvalue weighted by molar-refractivity contribution is 0.769. The molecule has 0 aliphatic rings. The van der Waals surface area contributed by atoms with Gasteiger partial charge in [-0.15, -0.1) is 0 Å². The van der Waals surface area contributed by atoms with Crippen LogP contribution in [0.25, 0.3) is 11.4 Å². The monoisotopic (exact) mass is 205 g/mol. The van der Waals surface area contributed by atoms with Crippen molar-refractivity contribution in [1.29, 1.82) is 0 Å². The van der Waals surface area contributed by atoms with Crippen molar-refractivity contribution in [2.24, 2.45) is 7.05 Å². The molecule has 0 atom stereocenters. The molecule has 2 aromatic rings. The molecule has 2 heterocycles. The Bertz CT molecular complexity index is 480. The molecular formula is C10H15N5. The van der Waals surface area contributed by atoms with Crippen molar-refractivity contribution in [3.63, 3.8) is 0 Å². The number of hydrogen-bond donors (Lipinski definition) is 2. The number of aromatic amines is 1. The van der Waals surface area contributed by atoms with E-state index in [0.29, 0.717) is 5.82 Å². The van der Waals surface area contributed by atoms with Gasteiger partial charge in [0.2, 0.25) is 0 Å². The molecular weight excluding hydrogens is 190 g/mol. The van der Waals surface area contributed by atoms with Gasteiger partial charge in [-0.1, -0.05) is 6.92 Å². The van der Waals surface area contributed by atoms with E-state index in [1.807, 2.05) is 20.2 Å². The Labute approximate surface area is 88.3 Å². The first kappa shape index (κ1) is 9.76. The van der Waals surface area contributed by atoms with E-state index in [1.165, 1.54) is 0 Å². The van der Waals surface area contributed by atoms with Crippen LogP contribution in [0.4, 0.5) is 5.82 Å². The fraction of sp³-hybridized carbons (Fsp3) is 0.400. The molecule has 3 N–H and O–H groups in total. The minimum Gasteiger partial charge on any atom is -0.382 e. The molecule has 15 heavy (non-hydrogen) atoms. The third-order valence-corrected chi connectivity index (χ3v) is 2.50. The zero-order chi connectivity index (χ0) is 11.0. The number of nitrogens with zero attached hydrogens (tertiary/aromatic N) is 3. The molecule has 0 aliphatic heterocycles. The van der Waals surface area contributed by atoms with Gasteiger partial charge in [0, 0.05) is 18.8 Å². The molecule has 2 rings (SSSR count). The van der Waals surface area contributed by atoms with Gasteiger partial charge >= 0.3 is 0 Å². The molecule has 0 unspecified atom stereocenters. The summed E-state index contributed by atoms with van der Waals surface area (Å²) < 4.78 is 1.79. The number of nitrogen functional groups attached to an aromatic ring is 1. The number of H-pyrrole nitrogens is 1. The number of aromatic nitrogens is 4. The predicted molar refractivity (Wildman–Crippen MR) is 59.3 cm³/mol. The Morgan fingerprint density at radius 3 is 2.80 bits per heavy atom. The van der Waals surface area contributed by atoms with Gasteiger partial charge in [0.25, 0.3) is 0 Å². The zero-order valence-electron chi connectivity index (χ0n) is 9.20. The van der Waals surface area contributed by atoms with E-state index in [-0.39, 0.29) is 0 Å². The molecule has 2 aromatic heterocycles. The first-order chi connectivity index (χ1) is 7.13. The average molecular weight is 205 g/mol. The smallest absolute Gasteiger partial charge is 0.149 e. The maximum Gasteiger partial charge on any atom is 0.149 e. The Morgan fingerprint density at radius 1 is 1.53 bits per heavy atom. The normalized spacial score (nSPS) is 10.9. The van der Waals surface area contributed by atoms with Crippen LogP contribution < -0.4 is 5.73 Å². The van der Waals surface area contributed by atoms with Crippen molar-refractivity contribution in [1.82, 2.24) is 20.0 Å². The Balaban J connectivity index is 2.58. The van der Waals surface area contributed by atoms with Gasteiger partial charge < -0.3 is 5.73 Å². The molecule has 0 amide bonds. The van der Waals surface area contributed by atoms with E-state index in [4.69, 9.17) is 5.73 Å². The van der Waals surface area contributed by atoms with Gasteiger partial charge in [0.05, 0.1) is 5.69 Å². The molecule has 0 aromatic carbocycles. The fourth-order valence-corrected chi connectivity index (χ4v) is 1.79. The van der Waals surface area contributed by atoms with Crippen LogP contribution in [0.3, 0.4) is 0 Å². The minimum atomic E-state index is 0.567. The summed E-state index contributed by atoms with van der Waals surface area (Å²) in [4.78, 5) is 0. The largest absolute Gasteiger partial charge is 0.382 e. The summed E-state index contributed by atoms with van der Waals surface area (Å²) in [6.45, 7) is 4.09. The van der Waals surface area contributed by atoms with Crippen LogP contribution in [0.2, 0.25) is 0 Å². The van der Waals surface area contributed by atoms with Crippen molar-refractivity contribution < 1.29 is 0 Å².